The molecule has 3 unspecified atom stereocenters. The van der Waals surface area contributed by atoms with Crippen molar-refractivity contribution in [3.05, 3.63) is 24.3 Å². The number of likely N-dealkylation sites (tertiary alicyclic amines) is 1. The largest absolute Gasteiger partial charge is 0.394 e. The van der Waals surface area contributed by atoms with Crippen molar-refractivity contribution in [1.29, 1.82) is 0 Å². The first-order valence-electron chi connectivity index (χ1n) is 13.3. The zero-order valence-corrected chi connectivity index (χ0v) is 24.6. The Morgan fingerprint density at radius 2 is 1.86 bits per heavy atom. The summed E-state index contributed by atoms with van der Waals surface area (Å²) < 4.78 is -0.737. The zero-order valence-electron chi connectivity index (χ0n) is 22.2. The van der Waals surface area contributed by atoms with Gasteiger partial charge in [-0.25, -0.2) is 0 Å². The molecule has 0 radical (unpaired) electrons. The molecule has 2 bridgehead atoms. The van der Waals surface area contributed by atoms with Crippen LogP contribution in [-0.4, -0.2) is 81.4 Å². The van der Waals surface area contributed by atoms with Gasteiger partial charge >= 0.3 is 0 Å². The van der Waals surface area contributed by atoms with Crippen LogP contribution in [0.2, 0.25) is 0 Å². The van der Waals surface area contributed by atoms with Crippen LogP contribution in [-0.2, 0) is 14.4 Å². The van der Waals surface area contributed by atoms with Crippen LogP contribution in [0.4, 0.5) is 11.4 Å². The highest BCUT2D eigenvalue weighted by molar-refractivity contribution is 9.09. The third kappa shape index (κ3) is 4.56. The van der Waals surface area contributed by atoms with Crippen molar-refractivity contribution in [2.75, 3.05) is 37.0 Å². The first-order chi connectivity index (χ1) is 17.7. The van der Waals surface area contributed by atoms with E-state index in [1.165, 1.54) is 0 Å². The summed E-state index contributed by atoms with van der Waals surface area (Å²) in [5, 5.41) is 16.1. The van der Waals surface area contributed by atoms with Crippen LogP contribution in [0.25, 0.3) is 0 Å². The van der Waals surface area contributed by atoms with Crippen LogP contribution < -0.4 is 15.5 Å². The van der Waals surface area contributed by atoms with E-state index in [0.29, 0.717) is 12.1 Å². The summed E-state index contributed by atoms with van der Waals surface area (Å²) in [7, 11) is 1.59. The highest BCUT2D eigenvalue weighted by Gasteiger charge is 2.76. The first kappa shape index (κ1) is 28.2. The second-order valence-corrected chi connectivity index (χ2v) is 13.1. The average molecular weight is 596 g/mol. The maximum atomic E-state index is 14.1. The number of carbonyl (C=O) groups excluding carboxylic acids is 3. The number of carbonyl (C=O) groups is 3. The molecule has 8 nitrogen and oxygen atoms in total. The first-order valence-corrected chi connectivity index (χ1v) is 15.1. The molecule has 37 heavy (non-hydrogen) atoms. The van der Waals surface area contributed by atoms with E-state index in [9.17, 15) is 19.5 Å². The molecule has 1 spiro atoms. The van der Waals surface area contributed by atoms with Crippen LogP contribution in [0.15, 0.2) is 24.3 Å². The number of anilines is 2. The van der Waals surface area contributed by atoms with Crippen molar-refractivity contribution in [2.45, 2.75) is 67.4 Å². The lowest BCUT2D eigenvalue weighted by molar-refractivity contribution is -0.143. The number of nitrogens with one attached hydrogen (secondary N) is 2. The predicted molar refractivity (Wildman–Crippen MR) is 152 cm³/mol. The minimum atomic E-state index is -0.789. The van der Waals surface area contributed by atoms with Gasteiger partial charge in [-0.1, -0.05) is 36.2 Å². The molecule has 0 saturated carbocycles. The fourth-order valence-electron chi connectivity index (χ4n) is 6.56. The Bertz CT molecular complexity index is 1020. The Balaban J connectivity index is 1.72. The highest BCUT2D eigenvalue weighted by Crippen LogP contribution is 2.68. The van der Waals surface area contributed by atoms with Crippen LogP contribution >= 0.6 is 27.7 Å². The number of hydrogen-bond donors (Lipinski definition) is 3. The van der Waals surface area contributed by atoms with E-state index in [1.807, 2.05) is 38.1 Å². The van der Waals surface area contributed by atoms with Gasteiger partial charge in [0.2, 0.25) is 17.7 Å². The molecule has 3 fully saturated rings. The molecule has 3 aliphatic rings. The maximum Gasteiger partial charge on any atom is 0.248 e. The van der Waals surface area contributed by atoms with E-state index < -0.39 is 28.7 Å². The summed E-state index contributed by atoms with van der Waals surface area (Å²) in [6.07, 6.45) is 1.36. The van der Waals surface area contributed by atoms with Gasteiger partial charge in [0.25, 0.3) is 0 Å². The van der Waals surface area contributed by atoms with Crippen molar-refractivity contribution in [3.8, 4) is 0 Å². The summed E-state index contributed by atoms with van der Waals surface area (Å²) in [6.45, 7) is 9.77. The van der Waals surface area contributed by atoms with E-state index >= 15 is 0 Å². The van der Waals surface area contributed by atoms with Gasteiger partial charge in [-0.15, -0.1) is 11.8 Å². The molecule has 8 atom stereocenters. The second-order valence-electron chi connectivity index (χ2n) is 10.4. The molecule has 3 aliphatic heterocycles. The standard InChI is InChI=1S/C27H39BrN4O4S/c1-6-15(4)19(14-33)32-23(25(35)30-16-9-11-17(12-10-16)31(7-2)8-3)27-13-18(28)22(37-27)20(24(34)29-5)21(27)26(32)36/h9-12,15,18-23,33H,6-8,13-14H2,1-5H3,(H,29,34)(H,30,35)/t15-,18?,19-,20+,21-,22+,23?,27?/m0/s1. The summed E-state index contributed by atoms with van der Waals surface area (Å²) >= 11 is 5.37. The Morgan fingerprint density at radius 1 is 1.22 bits per heavy atom. The van der Waals surface area contributed by atoms with Gasteiger partial charge < -0.3 is 25.5 Å². The molecule has 3 amide bonds. The monoisotopic (exact) mass is 594 g/mol. The smallest absolute Gasteiger partial charge is 0.248 e. The summed E-state index contributed by atoms with van der Waals surface area (Å²) in [5.74, 6) is -1.76. The average Bonchev–Trinajstić information content (AvgIpc) is 3.49. The number of hydrogen-bond acceptors (Lipinski definition) is 6. The summed E-state index contributed by atoms with van der Waals surface area (Å²) in [6, 6.07) is 6.46. The van der Waals surface area contributed by atoms with Crippen molar-refractivity contribution in [2.24, 2.45) is 17.8 Å². The van der Waals surface area contributed by atoms with Crippen molar-refractivity contribution >= 4 is 56.8 Å². The van der Waals surface area contributed by atoms with E-state index in [4.69, 9.17) is 0 Å². The molecule has 1 aromatic carbocycles. The summed E-state index contributed by atoms with van der Waals surface area (Å²) in [5.41, 5.74) is 1.74. The fourth-order valence-corrected chi connectivity index (χ4v) is 10.2. The van der Waals surface area contributed by atoms with E-state index in [-0.39, 0.29) is 40.3 Å². The number of amides is 3. The molecule has 3 N–H and O–H groups in total. The Morgan fingerprint density at radius 3 is 2.41 bits per heavy atom. The van der Waals surface area contributed by atoms with Gasteiger partial charge in [-0.05, 0) is 50.5 Å². The SMILES string of the molecule is CC[C@H](C)[C@H](CO)N1C(=O)[C@@H]2[C@@H](C(=O)NC)[C@@H]3SC2(CC3Br)C1C(=O)Nc1ccc(N(CC)CC)cc1. The van der Waals surface area contributed by atoms with Crippen molar-refractivity contribution in [3.63, 3.8) is 0 Å². The van der Waals surface area contributed by atoms with Gasteiger partial charge in [0.05, 0.1) is 29.2 Å². The third-order valence-corrected chi connectivity index (χ3v) is 11.9. The zero-order chi connectivity index (χ0) is 27.1. The van der Waals surface area contributed by atoms with Crippen molar-refractivity contribution < 1.29 is 19.5 Å². The Kier molecular flexibility index (Phi) is 8.50. The quantitative estimate of drug-likeness (QED) is 0.360. The number of aliphatic hydroxyl groups excluding tert-OH is 1. The van der Waals surface area contributed by atoms with Gasteiger partial charge in [-0.2, -0.15) is 0 Å². The molecule has 3 heterocycles. The molecule has 0 aromatic heterocycles. The number of alkyl halides is 1. The molecule has 3 saturated heterocycles. The van der Waals surface area contributed by atoms with Gasteiger partial charge in [-0.3, -0.25) is 14.4 Å². The van der Waals surface area contributed by atoms with Crippen LogP contribution in [0.3, 0.4) is 0 Å². The number of benzene rings is 1. The second kappa shape index (κ2) is 11.1. The lowest BCUT2D eigenvalue weighted by Gasteiger charge is -2.39. The predicted octanol–water partition coefficient (Wildman–Crippen LogP) is 3.09. The number of fused-ring (bicyclic) bond motifs is 1. The van der Waals surface area contributed by atoms with Crippen LogP contribution in [0.5, 0.6) is 0 Å². The molecule has 1 aromatic rings. The normalized spacial score (nSPS) is 31.7. The molecular formula is C27H39BrN4O4S. The molecule has 0 aliphatic carbocycles. The van der Waals surface area contributed by atoms with Gasteiger partial charge in [0.1, 0.15) is 6.04 Å². The minimum Gasteiger partial charge on any atom is -0.394 e. The van der Waals surface area contributed by atoms with Gasteiger partial charge in [0, 0.05) is 41.6 Å². The molecule has 10 heteroatoms. The topological polar surface area (TPSA) is 102 Å². The lowest BCUT2D eigenvalue weighted by atomic mass is 9.70. The van der Waals surface area contributed by atoms with Gasteiger partial charge in [0.15, 0.2) is 0 Å². The van der Waals surface area contributed by atoms with Crippen molar-refractivity contribution in [1.82, 2.24) is 10.2 Å². The number of rotatable bonds is 10. The van der Waals surface area contributed by atoms with E-state index in [0.717, 1.165) is 25.2 Å². The van der Waals surface area contributed by atoms with Crippen LogP contribution in [0.1, 0.15) is 40.5 Å². The number of aliphatic hydroxyl groups is 1. The van der Waals surface area contributed by atoms with Crippen LogP contribution in [0, 0.1) is 17.8 Å². The Labute approximate surface area is 232 Å². The number of nitrogens with zero attached hydrogens (tertiary/aromatic N) is 2. The fraction of sp³-hybridized carbons (Fsp3) is 0.667. The van der Waals surface area contributed by atoms with E-state index in [1.54, 1.807) is 23.7 Å². The van der Waals surface area contributed by atoms with E-state index in [2.05, 4.69) is 45.3 Å². The lowest BCUT2D eigenvalue weighted by Crippen LogP contribution is -2.56. The third-order valence-electron chi connectivity index (χ3n) is 8.63. The molecule has 204 valence electrons. The molecule has 4 rings (SSSR count). The highest BCUT2D eigenvalue weighted by atomic mass is 79.9. The summed E-state index contributed by atoms with van der Waals surface area (Å²) in [4.78, 5) is 45.1. The minimum absolute atomic E-state index is 0.00625. The maximum absolute atomic E-state index is 14.1. The molecular weight excluding hydrogens is 556 g/mol. The Hall–Kier alpha value is -1.78. The number of thioether (sulfide) groups is 1. The number of halogens is 1.